The van der Waals surface area contributed by atoms with Crippen LogP contribution in [0, 0.1) is 5.41 Å². The lowest BCUT2D eigenvalue weighted by Crippen LogP contribution is -2.29. The molecule has 0 aliphatic carbocycles. The van der Waals surface area contributed by atoms with E-state index < -0.39 is 0 Å². The van der Waals surface area contributed by atoms with E-state index in [2.05, 4.69) is 10.6 Å². The molecule has 0 aromatic heterocycles. The molecule has 0 unspecified atom stereocenters. The van der Waals surface area contributed by atoms with Crippen LogP contribution in [0.1, 0.15) is 17.5 Å². The molecule has 3 rings (SSSR count). The summed E-state index contributed by atoms with van der Waals surface area (Å²) in [5, 5.41) is 13.5. The molecular weight excluding hydrogens is 356 g/mol. The van der Waals surface area contributed by atoms with Crippen molar-refractivity contribution in [2.24, 2.45) is 5.73 Å². The van der Waals surface area contributed by atoms with Crippen LogP contribution in [0.4, 0.5) is 0 Å². The van der Waals surface area contributed by atoms with E-state index in [9.17, 15) is 4.79 Å². The molecule has 0 saturated carbocycles. The largest absolute Gasteiger partial charge is 0.492 e. The van der Waals surface area contributed by atoms with Crippen LogP contribution >= 0.6 is 0 Å². The first-order valence-corrected chi connectivity index (χ1v) is 9.40. The second-order valence-electron chi connectivity index (χ2n) is 6.69. The minimum atomic E-state index is -0.0604. The maximum Gasteiger partial charge on any atom is 0.224 e. The van der Waals surface area contributed by atoms with E-state index in [0.717, 1.165) is 30.8 Å². The Labute approximate surface area is 164 Å². The summed E-state index contributed by atoms with van der Waals surface area (Å²) < 4.78 is 11.5. The zero-order chi connectivity index (χ0) is 19.8. The number of nitrogens with one attached hydrogen (secondary N) is 3. The molecule has 2 aromatic carbocycles. The van der Waals surface area contributed by atoms with E-state index in [1.54, 1.807) is 24.3 Å². The normalized spacial score (nSPS) is 15.8. The fourth-order valence-electron chi connectivity index (χ4n) is 2.97. The number of hydrogen-bond acceptors (Lipinski definition) is 5. The van der Waals surface area contributed by atoms with Crippen molar-refractivity contribution in [2.75, 3.05) is 26.2 Å². The average molecular weight is 382 g/mol. The van der Waals surface area contributed by atoms with Crippen LogP contribution in [-0.4, -0.2) is 44.1 Å². The Morgan fingerprint density at radius 2 is 2.04 bits per heavy atom. The van der Waals surface area contributed by atoms with Crippen LogP contribution in [0.25, 0.3) is 0 Å². The second-order valence-corrected chi connectivity index (χ2v) is 6.69. The summed E-state index contributed by atoms with van der Waals surface area (Å²) in [6.07, 6.45) is 1.56. The molecule has 0 bridgehead atoms. The quantitative estimate of drug-likeness (QED) is 0.298. The first kappa shape index (κ1) is 19.7. The molecule has 1 atom stereocenters. The number of rotatable bonds is 9. The molecule has 0 radical (unpaired) electrons. The van der Waals surface area contributed by atoms with Crippen molar-refractivity contribution >= 4 is 11.7 Å². The van der Waals surface area contributed by atoms with Crippen molar-refractivity contribution < 1.29 is 14.3 Å². The van der Waals surface area contributed by atoms with Crippen LogP contribution in [0.2, 0.25) is 0 Å². The highest BCUT2D eigenvalue weighted by Crippen LogP contribution is 2.16. The number of amidine groups is 1. The third kappa shape index (κ3) is 5.99. The molecule has 1 saturated heterocycles. The molecular formula is C21H26N4O3. The number of nitrogen functional groups attached to an aromatic ring is 1. The number of hydrogen-bond donors (Lipinski definition) is 4. The zero-order valence-corrected chi connectivity index (χ0v) is 15.7. The highest BCUT2D eigenvalue weighted by molar-refractivity contribution is 5.95. The molecule has 7 nitrogen and oxygen atoms in total. The molecule has 1 aliphatic heterocycles. The number of carbonyl (C=O) groups excluding carboxylic acids is 1. The van der Waals surface area contributed by atoms with Gasteiger partial charge in [0.1, 0.15) is 30.0 Å². The smallest absolute Gasteiger partial charge is 0.224 e. The van der Waals surface area contributed by atoms with Gasteiger partial charge in [-0.3, -0.25) is 10.2 Å². The SMILES string of the molecule is N=C(N)c1cccc(OCCNC(=O)Cc2ccc(O[C@H]3CCNC3)cc2)c1. The lowest BCUT2D eigenvalue weighted by atomic mass is 10.1. The average Bonchev–Trinajstić information content (AvgIpc) is 3.20. The van der Waals surface area contributed by atoms with Crippen molar-refractivity contribution in [3.63, 3.8) is 0 Å². The van der Waals surface area contributed by atoms with Gasteiger partial charge in [-0.05, 0) is 42.8 Å². The predicted molar refractivity (Wildman–Crippen MR) is 108 cm³/mol. The molecule has 1 amide bonds. The fourth-order valence-corrected chi connectivity index (χ4v) is 2.97. The molecule has 0 spiro atoms. The summed E-state index contributed by atoms with van der Waals surface area (Å²) in [5.74, 6) is 1.39. The van der Waals surface area contributed by atoms with Gasteiger partial charge in [-0.25, -0.2) is 0 Å². The van der Waals surface area contributed by atoms with Crippen molar-refractivity contribution in [1.82, 2.24) is 10.6 Å². The monoisotopic (exact) mass is 382 g/mol. The summed E-state index contributed by atoms with van der Waals surface area (Å²) in [6, 6.07) is 14.7. The Bertz CT molecular complexity index is 802. The molecule has 7 heteroatoms. The van der Waals surface area contributed by atoms with Crippen molar-refractivity contribution in [1.29, 1.82) is 5.41 Å². The molecule has 2 aromatic rings. The minimum absolute atomic E-state index is 0.00456. The van der Waals surface area contributed by atoms with Gasteiger partial charge >= 0.3 is 0 Å². The number of carbonyl (C=O) groups is 1. The van der Waals surface area contributed by atoms with Gasteiger partial charge < -0.3 is 25.8 Å². The lowest BCUT2D eigenvalue weighted by Gasteiger charge is -2.13. The van der Waals surface area contributed by atoms with Crippen LogP contribution in [0.15, 0.2) is 48.5 Å². The van der Waals surface area contributed by atoms with Gasteiger partial charge in [-0.1, -0.05) is 24.3 Å². The summed E-state index contributed by atoms with van der Waals surface area (Å²) >= 11 is 0. The number of ether oxygens (including phenoxy) is 2. The van der Waals surface area contributed by atoms with Gasteiger partial charge in [-0.2, -0.15) is 0 Å². The Balaban J connectivity index is 1.37. The highest BCUT2D eigenvalue weighted by atomic mass is 16.5. The summed E-state index contributed by atoms with van der Waals surface area (Å²) in [7, 11) is 0. The van der Waals surface area contributed by atoms with Gasteiger partial charge in [0.2, 0.25) is 5.91 Å². The molecule has 1 fully saturated rings. The number of amides is 1. The van der Waals surface area contributed by atoms with Crippen LogP contribution in [0.3, 0.4) is 0 Å². The minimum Gasteiger partial charge on any atom is -0.492 e. The molecule has 28 heavy (non-hydrogen) atoms. The topological polar surface area (TPSA) is 109 Å². The van der Waals surface area contributed by atoms with E-state index in [4.69, 9.17) is 20.6 Å². The number of nitrogens with two attached hydrogens (primary N) is 1. The molecule has 1 heterocycles. The van der Waals surface area contributed by atoms with Crippen molar-refractivity contribution in [3.05, 3.63) is 59.7 Å². The summed E-state index contributed by atoms with van der Waals surface area (Å²) in [4.78, 5) is 12.1. The van der Waals surface area contributed by atoms with E-state index in [0.29, 0.717) is 30.9 Å². The van der Waals surface area contributed by atoms with Gasteiger partial charge in [0.25, 0.3) is 0 Å². The zero-order valence-electron chi connectivity index (χ0n) is 15.7. The lowest BCUT2D eigenvalue weighted by molar-refractivity contribution is -0.120. The van der Waals surface area contributed by atoms with E-state index in [-0.39, 0.29) is 17.8 Å². The first-order chi connectivity index (χ1) is 13.6. The van der Waals surface area contributed by atoms with Gasteiger partial charge in [0, 0.05) is 12.1 Å². The van der Waals surface area contributed by atoms with Gasteiger partial charge in [0.05, 0.1) is 13.0 Å². The van der Waals surface area contributed by atoms with Gasteiger partial charge in [-0.15, -0.1) is 0 Å². The predicted octanol–water partition coefficient (Wildman–Crippen LogP) is 1.45. The maximum atomic E-state index is 12.1. The van der Waals surface area contributed by atoms with Crippen molar-refractivity contribution in [3.8, 4) is 11.5 Å². The molecule has 5 N–H and O–H groups in total. The molecule has 1 aliphatic rings. The molecule has 148 valence electrons. The summed E-state index contributed by atoms with van der Waals surface area (Å²) in [5.41, 5.74) is 7.00. The Kier molecular flexibility index (Phi) is 6.86. The second kappa shape index (κ2) is 9.75. The van der Waals surface area contributed by atoms with E-state index in [1.165, 1.54) is 0 Å². The van der Waals surface area contributed by atoms with Crippen LogP contribution in [0.5, 0.6) is 11.5 Å². The third-order valence-electron chi connectivity index (χ3n) is 4.44. The summed E-state index contributed by atoms with van der Waals surface area (Å²) in [6.45, 7) is 2.62. The third-order valence-corrected chi connectivity index (χ3v) is 4.44. The van der Waals surface area contributed by atoms with Crippen LogP contribution in [-0.2, 0) is 11.2 Å². The van der Waals surface area contributed by atoms with Crippen molar-refractivity contribution in [2.45, 2.75) is 18.9 Å². The Hall–Kier alpha value is -3.06. The maximum absolute atomic E-state index is 12.1. The van der Waals surface area contributed by atoms with E-state index >= 15 is 0 Å². The van der Waals surface area contributed by atoms with Crippen LogP contribution < -0.4 is 25.8 Å². The Morgan fingerprint density at radius 3 is 2.75 bits per heavy atom. The highest BCUT2D eigenvalue weighted by Gasteiger charge is 2.15. The first-order valence-electron chi connectivity index (χ1n) is 9.40. The van der Waals surface area contributed by atoms with Gasteiger partial charge in [0.15, 0.2) is 0 Å². The Morgan fingerprint density at radius 1 is 1.21 bits per heavy atom. The van der Waals surface area contributed by atoms with E-state index in [1.807, 2.05) is 24.3 Å². The number of benzene rings is 2. The standard InChI is InChI=1S/C21H26N4O3/c22-21(23)16-2-1-3-18(13-16)27-11-10-25-20(26)12-15-4-6-17(7-5-15)28-19-8-9-24-14-19/h1-7,13,19,24H,8-12,14H2,(H3,22,23)(H,25,26)/t19-/m0/s1. The fraction of sp³-hybridized carbons (Fsp3) is 0.333.